The number of methoxy groups -OCH3 is 3. The van der Waals surface area contributed by atoms with Crippen molar-refractivity contribution in [1.82, 2.24) is 4.90 Å². The second kappa shape index (κ2) is 6.89. The highest BCUT2D eigenvalue weighted by Crippen LogP contribution is 2.42. The van der Waals surface area contributed by atoms with Crippen molar-refractivity contribution in [3.8, 4) is 17.2 Å². The minimum atomic E-state index is -1.58. The summed E-state index contributed by atoms with van der Waals surface area (Å²) in [5.74, 6) is 1.66. The van der Waals surface area contributed by atoms with Gasteiger partial charge in [0.15, 0.2) is 17.2 Å². The number of thioether (sulfide) groups is 1. The molecule has 22 heavy (non-hydrogen) atoms. The van der Waals surface area contributed by atoms with Gasteiger partial charge >= 0.3 is 0 Å². The molecule has 1 atom stereocenters. The Morgan fingerprint density at radius 1 is 1.27 bits per heavy atom. The van der Waals surface area contributed by atoms with E-state index in [0.717, 1.165) is 5.56 Å². The predicted octanol–water partition coefficient (Wildman–Crippen LogP) is 2.20. The summed E-state index contributed by atoms with van der Waals surface area (Å²) in [5, 5.41) is 10.3. The number of alkyl halides is 1. The first kappa shape index (κ1) is 17.1. The maximum Gasteiger partial charge on any atom is 0.203 e. The number of thiocarbonyl (C=S) groups is 1. The molecule has 2 rings (SSSR count). The lowest BCUT2D eigenvalue weighted by Gasteiger charge is -2.32. The lowest BCUT2D eigenvalue weighted by Crippen LogP contribution is -2.48. The lowest BCUT2D eigenvalue weighted by molar-refractivity contribution is -0.0623. The third-order valence-corrected chi connectivity index (χ3v) is 5.13. The van der Waals surface area contributed by atoms with Crippen LogP contribution in [0.5, 0.6) is 17.2 Å². The summed E-state index contributed by atoms with van der Waals surface area (Å²) < 4.78 is 29.6. The summed E-state index contributed by atoms with van der Waals surface area (Å²) in [6.45, 7) is -0.675. The normalized spacial score (nSPS) is 21.1. The Labute approximate surface area is 138 Å². The first-order chi connectivity index (χ1) is 10.5. The molecule has 1 aromatic carbocycles. The van der Waals surface area contributed by atoms with E-state index in [1.54, 1.807) is 12.1 Å². The quantitative estimate of drug-likeness (QED) is 0.792. The van der Waals surface area contributed by atoms with Crippen molar-refractivity contribution in [2.45, 2.75) is 12.3 Å². The fourth-order valence-electron chi connectivity index (χ4n) is 2.28. The summed E-state index contributed by atoms with van der Waals surface area (Å²) >= 11 is 6.47. The number of hydrogen-bond donors (Lipinski definition) is 1. The Hall–Kier alpha value is -1.25. The van der Waals surface area contributed by atoms with Crippen LogP contribution in [0, 0.1) is 0 Å². The van der Waals surface area contributed by atoms with Gasteiger partial charge in [0.05, 0.1) is 33.6 Å². The van der Waals surface area contributed by atoms with Crippen LogP contribution in [0.1, 0.15) is 5.56 Å². The molecule has 0 saturated carbocycles. The molecule has 0 bridgehead atoms. The molecule has 8 heteroatoms. The zero-order valence-corrected chi connectivity index (χ0v) is 14.2. The fourth-order valence-corrected chi connectivity index (χ4v) is 3.67. The number of ether oxygens (including phenoxy) is 3. The second-order valence-corrected chi connectivity index (χ2v) is 6.36. The molecular weight excluding hydrogens is 329 g/mol. The molecule has 0 aromatic heterocycles. The SMILES string of the molecule is COc1ccc(CN2C(=S)SCC2(O)CF)c(OC)c1OC. The van der Waals surface area contributed by atoms with E-state index in [2.05, 4.69) is 0 Å². The van der Waals surface area contributed by atoms with Gasteiger partial charge in [-0.25, -0.2) is 4.39 Å². The number of rotatable bonds is 6. The standard InChI is InChI=1S/C14H18FNO4S2/c1-18-10-5-4-9(11(19-2)12(10)20-3)6-16-13(21)22-8-14(16,17)7-15/h4-5,17H,6-8H2,1-3H3. The Balaban J connectivity index is 2.39. The summed E-state index contributed by atoms with van der Waals surface area (Å²) in [6.07, 6.45) is 0. The molecule has 0 radical (unpaired) electrons. The largest absolute Gasteiger partial charge is 0.493 e. The van der Waals surface area contributed by atoms with Crippen molar-refractivity contribution >= 4 is 28.3 Å². The van der Waals surface area contributed by atoms with Crippen LogP contribution < -0.4 is 14.2 Å². The Bertz CT molecular complexity index is 572. The Morgan fingerprint density at radius 3 is 2.50 bits per heavy atom. The first-order valence-corrected chi connectivity index (χ1v) is 7.90. The molecule has 0 aliphatic carbocycles. The summed E-state index contributed by atoms with van der Waals surface area (Å²) in [5.41, 5.74) is -0.864. The smallest absolute Gasteiger partial charge is 0.203 e. The van der Waals surface area contributed by atoms with Crippen LogP contribution in [-0.4, -0.2) is 53.8 Å². The van der Waals surface area contributed by atoms with Crippen molar-refractivity contribution in [3.05, 3.63) is 17.7 Å². The van der Waals surface area contributed by atoms with Gasteiger partial charge in [-0.05, 0) is 12.1 Å². The molecule has 1 aromatic rings. The summed E-state index contributed by atoms with van der Waals surface area (Å²) in [6, 6.07) is 3.52. The number of benzene rings is 1. The number of aliphatic hydroxyl groups is 1. The molecular formula is C14H18FNO4S2. The maximum atomic E-state index is 13.2. The van der Waals surface area contributed by atoms with Crippen LogP contribution in [0.3, 0.4) is 0 Å². The number of nitrogens with zero attached hydrogens (tertiary/aromatic N) is 1. The van der Waals surface area contributed by atoms with Crippen LogP contribution in [-0.2, 0) is 6.54 Å². The van der Waals surface area contributed by atoms with Gasteiger partial charge in [-0.2, -0.15) is 0 Å². The van der Waals surface area contributed by atoms with Gasteiger partial charge in [0.1, 0.15) is 11.0 Å². The second-order valence-electron chi connectivity index (χ2n) is 4.75. The van der Waals surface area contributed by atoms with Crippen molar-refractivity contribution in [2.75, 3.05) is 33.8 Å². The van der Waals surface area contributed by atoms with Crippen molar-refractivity contribution in [2.24, 2.45) is 0 Å². The highest BCUT2D eigenvalue weighted by molar-refractivity contribution is 8.23. The monoisotopic (exact) mass is 347 g/mol. The highest BCUT2D eigenvalue weighted by Gasteiger charge is 2.43. The van der Waals surface area contributed by atoms with E-state index in [1.165, 1.54) is 38.0 Å². The van der Waals surface area contributed by atoms with Gasteiger partial charge in [0.25, 0.3) is 0 Å². The minimum absolute atomic E-state index is 0.206. The van der Waals surface area contributed by atoms with E-state index in [9.17, 15) is 9.50 Å². The average molecular weight is 347 g/mol. The molecule has 0 amide bonds. The number of hydrogen-bond acceptors (Lipinski definition) is 6. The van der Waals surface area contributed by atoms with E-state index in [4.69, 9.17) is 26.4 Å². The van der Waals surface area contributed by atoms with Crippen molar-refractivity contribution in [1.29, 1.82) is 0 Å². The molecule has 1 unspecified atom stereocenters. The van der Waals surface area contributed by atoms with Crippen LogP contribution in [0.2, 0.25) is 0 Å². The molecule has 1 fully saturated rings. The van der Waals surface area contributed by atoms with E-state index < -0.39 is 12.4 Å². The highest BCUT2D eigenvalue weighted by atomic mass is 32.2. The molecule has 0 spiro atoms. The predicted molar refractivity (Wildman–Crippen MR) is 87.6 cm³/mol. The number of halogens is 1. The van der Waals surface area contributed by atoms with Crippen LogP contribution >= 0.6 is 24.0 Å². The van der Waals surface area contributed by atoms with Crippen molar-refractivity contribution < 1.29 is 23.7 Å². The van der Waals surface area contributed by atoms with E-state index >= 15 is 0 Å². The summed E-state index contributed by atoms with van der Waals surface area (Å²) in [7, 11) is 4.56. The third-order valence-electron chi connectivity index (χ3n) is 3.48. The molecule has 1 saturated heterocycles. The van der Waals surface area contributed by atoms with Gasteiger partial charge in [0, 0.05) is 5.56 Å². The fraction of sp³-hybridized carbons (Fsp3) is 0.500. The van der Waals surface area contributed by atoms with E-state index in [-0.39, 0.29) is 12.3 Å². The van der Waals surface area contributed by atoms with Crippen molar-refractivity contribution in [3.63, 3.8) is 0 Å². The van der Waals surface area contributed by atoms with Gasteiger partial charge in [0.2, 0.25) is 5.75 Å². The summed E-state index contributed by atoms with van der Waals surface area (Å²) in [4.78, 5) is 1.47. The Kier molecular flexibility index (Phi) is 5.36. The van der Waals surface area contributed by atoms with E-state index in [1.807, 2.05) is 0 Å². The maximum absolute atomic E-state index is 13.2. The minimum Gasteiger partial charge on any atom is -0.493 e. The zero-order chi connectivity index (χ0) is 16.3. The van der Waals surface area contributed by atoms with Gasteiger partial charge in [-0.15, -0.1) is 0 Å². The van der Waals surface area contributed by atoms with Crippen LogP contribution in [0.4, 0.5) is 4.39 Å². The first-order valence-electron chi connectivity index (χ1n) is 6.51. The molecule has 122 valence electrons. The van der Waals surface area contributed by atoms with E-state index in [0.29, 0.717) is 21.6 Å². The average Bonchev–Trinajstić information content (AvgIpc) is 2.83. The van der Waals surface area contributed by atoms with Gasteiger partial charge in [-0.1, -0.05) is 24.0 Å². The zero-order valence-electron chi connectivity index (χ0n) is 12.6. The molecule has 1 N–H and O–H groups in total. The molecule has 5 nitrogen and oxygen atoms in total. The topological polar surface area (TPSA) is 51.2 Å². The molecule has 1 aliphatic rings. The van der Waals surface area contributed by atoms with Crippen LogP contribution in [0.15, 0.2) is 12.1 Å². The third kappa shape index (κ3) is 2.95. The molecule has 1 heterocycles. The van der Waals surface area contributed by atoms with Gasteiger partial charge in [-0.3, -0.25) is 0 Å². The lowest BCUT2D eigenvalue weighted by atomic mass is 10.1. The van der Waals surface area contributed by atoms with Gasteiger partial charge < -0.3 is 24.2 Å². The van der Waals surface area contributed by atoms with Crippen LogP contribution in [0.25, 0.3) is 0 Å². The Morgan fingerprint density at radius 2 is 1.95 bits per heavy atom. The molecule has 1 aliphatic heterocycles.